The molecule has 1 aliphatic rings. The summed E-state index contributed by atoms with van der Waals surface area (Å²) in [6.07, 6.45) is 0.337. The van der Waals surface area contributed by atoms with E-state index in [0.717, 1.165) is 36.8 Å². The molecule has 2 rings (SSSR count). The van der Waals surface area contributed by atoms with Crippen molar-refractivity contribution in [3.05, 3.63) is 23.5 Å². The van der Waals surface area contributed by atoms with Gasteiger partial charge in [0.05, 0.1) is 25.0 Å². The second-order valence-electron chi connectivity index (χ2n) is 5.14. The molecule has 2 unspecified atom stereocenters. The molecule has 0 aromatic carbocycles. The summed E-state index contributed by atoms with van der Waals surface area (Å²) >= 11 is 0. The Hall–Kier alpha value is -1.17. The van der Waals surface area contributed by atoms with Gasteiger partial charge in [0.15, 0.2) is 0 Å². The number of nitrogens with two attached hydrogens (primary N) is 1. The van der Waals surface area contributed by atoms with E-state index in [1.54, 1.807) is 7.11 Å². The number of rotatable bonds is 4. The smallest absolute Gasteiger partial charge is 0.122 e. The molecule has 106 valence electrons. The number of pyridine rings is 1. The van der Waals surface area contributed by atoms with Crippen LogP contribution in [0.3, 0.4) is 0 Å². The van der Waals surface area contributed by atoms with Crippen molar-refractivity contribution in [2.75, 3.05) is 26.7 Å². The number of methoxy groups -OCH3 is 1. The van der Waals surface area contributed by atoms with Gasteiger partial charge in [-0.1, -0.05) is 0 Å². The van der Waals surface area contributed by atoms with Crippen molar-refractivity contribution in [1.29, 1.82) is 0 Å². The predicted molar refractivity (Wildman–Crippen MR) is 74.2 cm³/mol. The van der Waals surface area contributed by atoms with Crippen molar-refractivity contribution in [2.45, 2.75) is 32.6 Å². The molecule has 0 aliphatic carbocycles. The van der Waals surface area contributed by atoms with E-state index in [1.165, 1.54) is 0 Å². The lowest BCUT2D eigenvalue weighted by Gasteiger charge is -2.36. The molecule has 1 saturated heterocycles. The van der Waals surface area contributed by atoms with Crippen LogP contribution in [0.5, 0.6) is 5.75 Å². The first-order chi connectivity index (χ1) is 9.10. The van der Waals surface area contributed by atoms with Gasteiger partial charge in [0, 0.05) is 44.0 Å². The minimum Gasteiger partial charge on any atom is -0.497 e. The number of aromatic nitrogens is 1. The fourth-order valence-corrected chi connectivity index (χ4v) is 2.53. The summed E-state index contributed by atoms with van der Waals surface area (Å²) in [6, 6.07) is 3.93. The summed E-state index contributed by atoms with van der Waals surface area (Å²) in [5.74, 6) is 0.860. The van der Waals surface area contributed by atoms with Gasteiger partial charge in [-0.15, -0.1) is 0 Å². The number of morpholine rings is 1. The SMILES string of the molecule is COc1cc(C)nc(CN2CC(C)OC(CN)C2)c1. The number of nitrogens with zero attached hydrogens (tertiary/aromatic N) is 2. The minimum absolute atomic E-state index is 0.121. The van der Waals surface area contributed by atoms with E-state index >= 15 is 0 Å². The van der Waals surface area contributed by atoms with Gasteiger partial charge in [0.25, 0.3) is 0 Å². The van der Waals surface area contributed by atoms with Gasteiger partial charge in [-0.2, -0.15) is 0 Å². The molecule has 0 amide bonds. The fourth-order valence-electron chi connectivity index (χ4n) is 2.53. The van der Waals surface area contributed by atoms with Gasteiger partial charge in [-0.25, -0.2) is 0 Å². The maximum Gasteiger partial charge on any atom is 0.122 e. The first-order valence-electron chi connectivity index (χ1n) is 6.70. The normalized spacial score (nSPS) is 24.4. The number of hydrogen-bond acceptors (Lipinski definition) is 5. The zero-order chi connectivity index (χ0) is 13.8. The summed E-state index contributed by atoms with van der Waals surface area (Å²) in [5, 5.41) is 0. The van der Waals surface area contributed by atoms with Crippen LogP contribution in [-0.4, -0.2) is 48.8 Å². The highest BCUT2D eigenvalue weighted by molar-refractivity contribution is 5.26. The summed E-state index contributed by atoms with van der Waals surface area (Å²) in [6.45, 7) is 7.20. The summed E-state index contributed by atoms with van der Waals surface area (Å²) in [5.41, 5.74) is 7.71. The molecule has 1 aliphatic heterocycles. The van der Waals surface area contributed by atoms with Crippen LogP contribution in [-0.2, 0) is 11.3 Å². The monoisotopic (exact) mass is 265 g/mol. The molecular weight excluding hydrogens is 242 g/mol. The molecule has 2 atom stereocenters. The lowest BCUT2D eigenvalue weighted by molar-refractivity contribution is -0.0747. The van der Waals surface area contributed by atoms with Crippen LogP contribution in [0.25, 0.3) is 0 Å². The van der Waals surface area contributed by atoms with Crippen LogP contribution in [0.1, 0.15) is 18.3 Å². The average molecular weight is 265 g/mol. The average Bonchev–Trinajstić information content (AvgIpc) is 2.37. The molecule has 0 spiro atoms. The second kappa shape index (κ2) is 6.32. The lowest BCUT2D eigenvalue weighted by atomic mass is 10.2. The standard InChI is InChI=1S/C14H23N3O2/c1-10-4-13(18-3)5-12(16-10)8-17-7-11(2)19-14(6-15)9-17/h4-5,11,14H,6-9,15H2,1-3H3. The van der Waals surface area contributed by atoms with Crippen molar-refractivity contribution in [2.24, 2.45) is 5.73 Å². The maximum atomic E-state index is 5.76. The van der Waals surface area contributed by atoms with Crippen molar-refractivity contribution in [3.8, 4) is 5.75 Å². The van der Waals surface area contributed by atoms with Gasteiger partial charge < -0.3 is 15.2 Å². The van der Waals surface area contributed by atoms with E-state index in [9.17, 15) is 0 Å². The minimum atomic E-state index is 0.121. The third-order valence-electron chi connectivity index (χ3n) is 3.27. The Bertz CT molecular complexity index is 425. The highest BCUT2D eigenvalue weighted by Gasteiger charge is 2.24. The van der Waals surface area contributed by atoms with Gasteiger partial charge >= 0.3 is 0 Å². The van der Waals surface area contributed by atoms with E-state index < -0.39 is 0 Å². The van der Waals surface area contributed by atoms with Crippen molar-refractivity contribution in [3.63, 3.8) is 0 Å². The molecular formula is C14H23N3O2. The molecule has 1 fully saturated rings. The Labute approximate surface area is 114 Å². The highest BCUT2D eigenvalue weighted by Crippen LogP contribution is 2.17. The predicted octanol–water partition coefficient (Wildman–Crippen LogP) is 0.947. The number of ether oxygens (including phenoxy) is 2. The largest absolute Gasteiger partial charge is 0.497 e. The molecule has 2 N–H and O–H groups in total. The Morgan fingerprint density at radius 3 is 2.95 bits per heavy atom. The van der Waals surface area contributed by atoms with E-state index in [-0.39, 0.29) is 12.2 Å². The molecule has 1 aromatic rings. The molecule has 0 bridgehead atoms. The summed E-state index contributed by atoms with van der Waals surface area (Å²) < 4.78 is 11.0. The Balaban J connectivity index is 2.05. The fraction of sp³-hybridized carbons (Fsp3) is 0.643. The first-order valence-corrected chi connectivity index (χ1v) is 6.70. The van der Waals surface area contributed by atoms with Crippen molar-refractivity contribution in [1.82, 2.24) is 9.88 Å². The second-order valence-corrected chi connectivity index (χ2v) is 5.14. The van der Waals surface area contributed by atoms with E-state index in [0.29, 0.717) is 6.54 Å². The van der Waals surface area contributed by atoms with Gasteiger partial charge in [-0.3, -0.25) is 9.88 Å². The topological polar surface area (TPSA) is 60.6 Å². The van der Waals surface area contributed by atoms with Gasteiger partial charge in [0.1, 0.15) is 5.75 Å². The Morgan fingerprint density at radius 2 is 2.26 bits per heavy atom. The Kier molecular flexibility index (Phi) is 4.74. The van der Waals surface area contributed by atoms with E-state index in [4.69, 9.17) is 15.2 Å². The third kappa shape index (κ3) is 3.89. The molecule has 5 nitrogen and oxygen atoms in total. The van der Waals surface area contributed by atoms with E-state index in [2.05, 4.69) is 16.8 Å². The van der Waals surface area contributed by atoms with E-state index in [1.807, 2.05) is 19.1 Å². The molecule has 5 heteroatoms. The van der Waals surface area contributed by atoms with Crippen LogP contribution in [0.4, 0.5) is 0 Å². The molecule has 2 heterocycles. The highest BCUT2D eigenvalue weighted by atomic mass is 16.5. The van der Waals surface area contributed by atoms with Crippen LogP contribution in [0.2, 0.25) is 0 Å². The zero-order valence-electron chi connectivity index (χ0n) is 11.9. The lowest BCUT2D eigenvalue weighted by Crippen LogP contribution is -2.48. The van der Waals surface area contributed by atoms with Crippen LogP contribution >= 0.6 is 0 Å². The Morgan fingerprint density at radius 1 is 1.47 bits per heavy atom. The van der Waals surface area contributed by atoms with Gasteiger partial charge in [0.2, 0.25) is 0 Å². The van der Waals surface area contributed by atoms with Crippen LogP contribution in [0.15, 0.2) is 12.1 Å². The molecule has 0 saturated carbocycles. The third-order valence-corrected chi connectivity index (χ3v) is 3.27. The zero-order valence-corrected chi connectivity index (χ0v) is 11.9. The first kappa shape index (κ1) is 14.2. The van der Waals surface area contributed by atoms with Crippen molar-refractivity contribution >= 4 is 0 Å². The quantitative estimate of drug-likeness (QED) is 0.878. The molecule has 1 aromatic heterocycles. The van der Waals surface area contributed by atoms with Crippen LogP contribution < -0.4 is 10.5 Å². The van der Waals surface area contributed by atoms with Crippen molar-refractivity contribution < 1.29 is 9.47 Å². The molecule has 19 heavy (non-hydrogen) atoms. The summed E-state index contributed by atoms with van der Waals surface area (Å²) in [7, 11) is 1.68. The number of aryl methyl sites for hydroxylation is 1. The molecule has 0 radical (unpaired) electrons. The summed E-state index contributed by atoms with van der Waals surface area (Å²) in [4.78, 5) is 6.90. The van der Waals surface area contributed by atoms with Gasteiger partial charge in [-0.05, 0) is 13.8 Å². The van der Waals surface area contributed by atoms with Crippen LogP contribution in [0, 0.1) is 6.92 Å². The maximum absolute atomic E-state index is 5.76. The number of hydrogen-bond donors (Lipinski definition) is 1.